The van der Waals surface area contributed by atoms with Crippen molar-refractivity contribution < 1.29 is 19.1 Å². The van der Waals surface area contributed by atoms with Gasteiger partial charge in [0.1, 0.15) is 6.04 Å². The van der Waals surface area contributed by atoms with Crippen molar-refractivity contribution in [1.82, 2.24) is 10.2 Å². The van der Waals surface area contributed by atoms with E-state index in [0.29, 0.717) is 19.8 Å². The second-order valence-corrected chi connectivity index (χ2v) is 4.33. The Hall–Kier alpha value is -1.56. The van der Waals surface area contributed by atoms with Gasteiger partial charge >= 0.3 is 5.97 Å². The zero-order valence-electron chi connectivity index (χ0n) is 11.0. The summed E-state index contributed by atoms with van der Waals surface area (Å²) in [6.07, 6.45) is 2.89. The van der Waals surface area contributed by atoms with Crippen LogP contribution in [0.4, 0.5) is 0 Å². The standard InChI is InChI=1S/C12H20N2O4/c1-9(2)13-12(16)10-8-18-7-6-14(10)5-4-11(15)17-3/h4-5,9-10H,6-8H2,1-3H3,(H,13,16)/b5-4+. The lowest BCUT2D eigenvalue weighted by atomic mass is 10.2. The van der Waals surface area contributed by atoms with Gasteiger partial charge in [0, 0.05) is 24.9 Å². The van der Waals surface area contributed by atoms with Crippen LogP contribution in [0.25, 0.3) is 0 Å². The second-order valence-electron chi connectivity index (χ2n) is 4.33. The van der Waals surface area contributed by atoms with Gasteiger partial charge in [0.05, 0.1) is 20.3 Å². The number of hydrogen-bond acceptors (Lipinski definition) is 5. The van der Waals surface area contributed by atoms with E-state index in [4.69, 9.17) is 4.74 Å². The zero-order chi connectivity index (χ0) is 13.5. The van der Waals surface area contributed by atoms with Gasteiger partial charge in [-0.1, -0.05) is 0 Å². The minimum absolute atomic E-state index is 0.0749. The average Bonchev–Trinajstić information content (AvgIpc) is 2.35. The van der Waals surface area contributed by atoms with Gasteiger partial charge < -0.3 is 19.7 Å². The Morgan fingerprint density at radius 3 is 2.83 bits per heavy atom. The number of methoxy groups -OCH3 is 1. The summed E-state index contributed by atoms with van der Waals surface area (Å²) in [6.45, 7) is 5.23. The summed E-state index contributed by atoms with van der Waals surface area (Å²) in [5.41, 5.74) is 0. The van der Waals surface area contributed by atoms with Crippen molar-refractivity contribution >= 4 is 11.9 Å². The summed E-state index contributed by atoms with van der Waals surface area (Å²) in [5, 5.41) is 2.83. The largest absolute Gasteiger partial charge is 0.466 e. The molecule has 6 nitrogen and oxygen atoms in total. The van der Waals surface area contributed by atoms with E-state index in [1.807, 2.05) is 13.8 Å². The molecule has 0 aliphatic carbocycles. The lowest BCUT2D eigenvalue weighted by Gasteiger charge is -2.34. The Morgan fingerprint density at radius 1 is 1.50 bits per heavy atom. The molecule has 1 heterocycles. The monoisotopic (exact) mass is 256 g/mol. The van der Waals surface area contributed by atoms with Crippen LogP contribution in [0, 0.1) is 0 Å². The Morgan fingerprint density at radius 2 is 2.22 bits per heavy atom. The van der Waals surface area contributed by atoms with Gasteiger partial charge in [-0.15, -0.1) is 0 Å². The van der Waals surface area contributed by atoms with Crippen molar-refractivity contribution in [3.05, 3.63) is 12.3 Å². The fourth-order valence-corrected chi connectivity index (χ4v) is 1.63. The maximum Gasteiger partial charge on any atom is 0.331 e. The Labute approximate surface area is 107 Å². The van der Waals surface area contributed by atoms with E-state index in [1.54, 1.807) is 11.1 Å². The number of hydrogen-bond donors (Lipinski definition) is 1. The van der Waals surface area contributed by atoms with Crippen LogP contribution in [0.3, 0.4) is 0 Å². The van der Waals surface area contributed by atoms with Gasteiger partial charge in [0.25, 0.3) is 0 Å². The third-order valence-electron chi connectivity index (χ3n) is 2.51. The molecule has 1 fully saturated rings. The number of nitrogens with zero attached hydrogens (tertiary/aromatic N) is 1. The number of carbonyl (C=O) groups is 2. The number of carbonyl (C=O) groups excluding carboxylic acids is 2. The highest BCUT2D eigenvalue weighted by atomic mass is 16.5. The van der Waals surface area contributed by atoms with Crippen molar-refractivity contribution in [3.8, 4) is 0 Å². The number of ether oxygens (including phenoxy) is 2. The third-order valence-corrected chi connectivity index (χ3v) is 2.51. The predicted octanol–water partition coefficient (Wildman–Crippen LogP) is -0.101. The number of morpholine rings is 1. The summed E-state index contributed by atoms with van der Waals surface area (Å²) < 4.78 is 9.81. The Kier molecular flexibility index (Phi) is 5.64. The van der Waals surface area contributed by atoms with Crippen LogP contribution in [-0.4, -0.2) is 55.7 Å². The topological polar surface area (TPSA) is 67.9 Å². The SMILES string of the molecule is COC(=O)/C=C/N1CCOCC1C(=O)NC(C)C. The molecule has 1 atom stereocenters. The summed E-state index contributed by atoms with van der Waals surface area (Å²) >= 11 is 0. The highest BCUT2D eigenvalue weighted by molar-refractivity contribution is 5.83. The highest BCUT2D eigenvalue weighted by Gasteiger charge is 2.27. The lowest BCUT2D eigenvalue weighted by molar-refractivity contribution is -0.135. The molecule has 0 aromatic rings. The van der Waals surface area contributed by atoms with E-state index in [1.165, 1.54) is 13.2 Å². The number of esters is 1. The van der Waals surface area contributed by atoms with Gasteiger partial charge in [0.2, 0.25) is 5.91 Å². The van der Waals surface area contributed by atoms with Crippen molar-refractivity contribution in [1.29, 1.82) is 0 Å². The summed E-state index contributed by atoms with van der Waals surface area (Å²) in [4.78, 5) is 24.8. The molecule has 0 saturated carbocycles. The fraction of sp³-hybridized carbons (Fsp3) is 0.667. The number of rotatable bonds is 4. The molecule has 0 aromatic heterocycles. The second kappa shape index (κ2) is 7.00. The molecule has 0 bridgehead atoms. The molecule has 0 radical (unpaired) electrons. The summed E-state index contributed by atoms with van der Waals surface area (Å²) in [5.74, 6) is -0.538. The van der Waals surface area contributed by atoms with E-state index in [0.717, 1.165) is 0 Å². The van der Waals surface area contributed by atoms with Crippen molar-refractivity contribution in [2.24, 2.45) is 0 Å². The lowest BCUT2D eigenvalue weighted by Crippen LogP contribution is -2.52. The quantitative estimate of drug-likeness (QED) is 0.562. The zero-order valence-corrected chi connectivity index (χ0v) is 11.0. The smallest absolute Gasteiger partial charge is 0.331 e. The van der Waals surface area contributed by atoms with Gasteiger partial charge in [0.15, 0.2) is 0 Å². The van der Waals surface area contributed by atoms with Crippen LogP contribution >= 0.6 is 0 Å². The molecule has 1 unspecified atom stereocenters. The third kappa shape index (κ3) is 4.37. The van der Waals surface area contributed by atoms with Gasteiger partial charge in [-0.25, -0.2) is 4.79 Å². The number of amides is 1. The Balaban J connectivity index is 2.64. The van der Waals surface area contributed by atoms with Crippen LogP contribution in [-0.2, 0) is 19.1 Å². The molecule has 0 spiro atoms. The van der Waals surface area contributed by atoms with E-state index in [2.05, 4.69) is 10.1 Å². The minimum atomic E-state index is -0.440. The Bertz CT molecular complexity index is 328. The maximum atomic E-state index is 12.0. The summed E-state index contributed by atoms with van der Waals surface area (Å²) in [7, 11) is 1.31. The van der Waals surface area contributed by atoms with Crippen LogP contribution in [0.1, 0.15) is 13.8 Å². The first-order valence-electron chi connectivity index (χ1n) is 5.94. The molecular formula is C12H20N2O4. The van der Waals surface area contributed by atoms with Gasteiger partial charge in [-0.2, -0.15) is 0 Å². The molecule has 102 valence electrons. The predicted molar refractivity (Wildman–Crippen MR) is 65.7 cm³/mol. The molecule has 1 amide bonds. The van der Waals surface area contributed by atoms with E-state index in [-0.39, 0.29) is 11.9 Å². The first-order valence-corrected chi connectivity index (χ1v) is 5.94. The molecule has 1 aliphatic rings. The average molecular weight is 256 g/mol. The molecule has 1 N–H and O–H groups in total. The molecule has 18 heavy (non-hydrogen) atoms. The molecule has 0 aromatic carbocycles. The van der Waals surface area contributed by atoms with Crippen molar-refractivity contribution in [3.63, 3.8) is 0 Å². The fourth-order valence-electron chi connectivity index (χ4n) is 1.63. The molecule has 1 rings (SSSR count). The van der Waals surface area contributed by atoms with Crippen LogP contribution in [0.5, 0.6) is 0 Å². The molecule has 6 heteroatoms. The van der Waals surface area contributed by atoms with Gasteiger partial charge in [-0.05, 0) is 13.8 Å². The first-order chi connectivity index (χ1) is 8.54. The summed E-state index contributed by atoms with van der Waals surface area (Å²) in [6, 6.07) is -0.326. The minimum Gasteiger partial charge on any atom is -0.466 e. The number of nitrogens with one attached hydrogen (secondary N) is 1. The van der Waals surface area contributed by atoms with Crippen LogP contribution < -0.4 is 5.32 Å². The molecule has 1 aliphatic heterocycles. The normalized spacial score (nSPS) is 20.2. The molecule has 1 saturated heterocycles. The maximum absolute atomic E-state index is 12.0. The van der Waals surface area contributed by atoms with Crippen molar-refractivity contribution in [2.75, 3.05) is 26.9 Å². The van der Waals surface area contributed by atoms with Crippen molar-refractivity contribution in [2.45, 2.75) is 25.9 Å². The van der Waals surface area contributed by atoms with Gasteiger partial charge in [-0.3, -0.25) is 4.79 Å². The highest BCUT2D eigenvalue weighted by Crippen LogP contribution is 2.08. The van der Waals surface area contributed by atoms with E-state index >= 15 is 0 Å². The molecular weight excluding hydrogens is 236 g/mol. The van der Waals surface area contributed by atoms with E-state index < -0.39 is 12.0 Å². The van der Waals surface area contributed by atoms with Crippen LogP contribution in [0.2, 0.25) is 0 Å². The van der Waals surface area contributed by atoms with Crippen LogP contribution in [0.15, 0.2) is 12.3 Å². The van der Waals surface area contributed by atoms with E-state index in [9.17, 15) is 9.59 Å². The first kappa shape index (κ1) is 14.5.